The minimum Gasteiger partial charge on any atom is -0.363 e. The number of rotatable bonds is 3. The van der Waals surface area contributed by atoms with Crippen molar-refractivity contribution in [2.75, 3.05) is 24.3 Å². The molecule has 88 valence electrons. The Kier molecular flexibility index (Phi) is 3.34. The highest BCUT2D eigenvalue weighted by atomic mass is 32.1. The highest BCUT2D eigenvalue weighted by molar-refractivity contribution is 7.07. The summed E-state index contributed by atoms with van der Waals surface area (Å²) in [5.74, 6) is 1.07. The van der Waals surface area contributed by atoms with Crippen molar-refractivity contribution in [1.82, 2.24) is 9.97 Å². The van der Waals surface area contributed by atoms with Crippen molar-refractivity contribution in [2.45, 2.75) is 0 Å². The van der Waals surface area contributed by atoms with Gasteiger partial charge in [0.1, 0.15) is 17.3 Å². The minimum absolute atomic E-state index is 0.241. The lowest BCUT2D eigenvalue weighted by Crippen LogP contribution is -2.15. The first-order valence-electron chi connectivity index (χ1n) is 5.01. The molecule has 5 nitrogen and oxygen atoms in total. The van der Waals surface area contributed by atoms with E-state index in [1.165, 1.54) is 11.3 Å². The number of aromatic nitrogens is 2. The van der Waals surface area contributed by atoms with Crippen molar-refractivity contribution in [2.24, 2.45) is 0 Å². The molecule has 2 aromatic heterocycles. The molecule has 1 amide bonds. The van der Waals surface area contributed by atoms with E-state index in [1.54, 1.807) is 17.0 Å². The quantitative estimate of drug-likeness (QED) is 0.900. The SMILES string of the molecule is CN(C)c1cccc(NC(=O)c2cscn2)n1. The number of carbonyl (C=O) groups excluding carboxylic acids is 1. The van der Waals surface area contributed by atoms with E-state index in [1.807, 2.05) is 31.1 Å². The van der Waals surface area contributed by atoms with Crippen molar-refractivity contribution in [3.05, 3.63) is 34.8 Å². The number of nitrogens with zero attached hydrogens (tertiary/aromatic N) is 3. The maximum Gasteiger partial charge on any atom is 0.276 e. The average Bonchev–Trinajstić information content (AvgIpc) is 2.82. The summed E-state index contributed by atoms with van der Waals surface area (Å²) < 4.78 is 0. The maximum atomic E-state index is 11.7. The second-order valence-electron chi connectivity index (χ2n) is 3.60. The number of amides is 1. The van der Waals surface area contributed by atoms with Crippen LogP contribution in [0.25, 0.3) is 0 Å². The van der Waals surface area contributed by atoms with E-state index in [2.05, 4.69) is 15.3 Å². The van der Waals surface area contributed by atoms with Gasteiger partial charge < -0.3 is 10.2 Å². The normalized spacial score (nSPS) is 10.0. The van der Waals surface area contributed by atoms with Gasteiger partial charge in [-0.3, -0.25) is 4.79 Å². The van der Waals surface area contributed by atoms with Crippen molar-refractivity contribution < 1.29 is 4.79 Å². The number of carbonyl (C=O) groups is 1. The van der Waals surface area contributed by atoms with E-state index in [4.69, 9.17) is 0 Å². The minimum atomic E-state index is -0.241. The summed E-state index contributed by atoms with van der Waals surface area (Å²) in [5.41, 5.74) is 2.03. The fourth-order valence-electron chi connectivity index (χ4n) is 1.25. The Bertz CT molecular complexity index is 510. The number of hydrogen-bond acceptors (Lipinski definition) is 5. The summed E-state index contributed by atoms with van der Waals surface area (Å²) in [6.45, 7) is 0. The molecule has 2 rings (SSSR count). The Balaban J connectivity index is 2.14. The number of anilines is 2. The Morgan fingerprint density at radius 3 is 2.88 bits per heavy atom. The van der Waals surface area contributed by atoms with Gasteiger partial charge in [0.15, 0.2) is 0 Å². The fraction of sp³-hybridized carbons (Fsp3) is 0.182. The monoisotopic (exact) mass is 248 g/mol. The first kappa shape index (κ1) is 11.5. The van der Waals surface area contributed by atoms with Gasteiger partial charge in [-0.05, 0) is 12.1 Å². The highest BCUT2D eigenvalue weighted by Gasteiger charge is 2.09. The first-order chi connectivity index (χ1) is 8.16. The molecular weight excluding hydrogens is 236 g/mol. The van der Waals surface area contributed by atoms with E-state index < -0.39 is 0 Å². The third-order valence-corrected chi connectivity index (χ3v) is 2.69. The molecule has 0 aromatic carbocycles. The molecule has 0 aliphatic rings. The van der Waals surface area contributed by atoms with Crippen LogP contribution in [0.1, 0.15) is 10.5 Å². The molecule has 0 saturated heterocycles. The third-order valence-electron chi connectivity index (χ3n) is 2.10. The molecule has 0 spiro atoms. The molecule has 0 bridgehead atoms. The standard InChI is InChI=1S/C11H12N4OS/c1-15(2)10-5-3-4-9(13-10)14-11(16)8-6-17-7-12-8/h3-7H,1-2H3,(H,13,14,16). The number of hydrogen-bond donors (Lipinski definition) is 1. The molecule has 0 unspecified atom stereocenters. The molecule has 0 radical (unpaired) electrons. The highest BCUT2D eigenvalue weighted by Crippen LogP contribution is 2.12. The fourth-order valence-corrected chi connectivity index (χ4v) is 1.78. The van der Waals surface area contributed by atoms with Gasteiger partial charge in [0.25, 0.3) is 5.91 Å². The molecule has 0 aliphatic heterocycles. The predicted molar refractivity (Wildman–Crippen MR) is 68.6 cm³/mol. The first-order valence-corrected chi connectivity index (χ1v) is 5.95. The molecule has 1 N–H and O–H groups in total. The summed E-state index contributed by atoms with van der Waals surface area (Å²) in [5, 5.41) is 4.41. The zero-order valence-electron chi connectivity index (χ0n) is 9.54. The van der Waals surface area contributed by atoms with Gasteiger partial charge in [0, 0.05) is 19.5 Å². The van der Waals surface area contributed by atoms with Crippen LogP contribution in [0.5, 0.6) is 0 Å². The summed E-state index contributed by atoms with van der Waals surface area (Å²) in [4.78, 5) is 21.8. The molecule has 0 aliphatic carbocycles. The smallest absolute Gasteiger partial charge is 0.276 e. The summed E-state index contributed by atoms with van der Waals surface area (Å²) >= 11 is 1.39. The predicted octanol–water partition coefficient (Wildman–Crippen LogP) is 1.86. The molecule has 2 aromatic rings. The van der Waals surface area contributed by atoms with E-state index in [0.29, 0.717) is 11.5 Å². The zero-order valence-corrected chi connectivity index (χ0v) is 10.4. The van der Waals surface area contributed by atoms with Crippen LogP contribution < -0.4 is 10.2 Å². The van der Waals surface area contributed by atoms with Crippen LogP contribution in [0.15, 0.2) is 29.1 Å². The summed E-state index contributed by atoms with van der Waals surface area (Å²) in [7, 11) is 3.79. The second-order valence-corrected chi connectivity index (χ2v) is 4.32. The lowest BCUT2D eigenvalue weighted by atomic mass is 10.4. The van der Waals surface area contributed by atoms with Crippen LogP contribution in [0.3, 0.4) is 0 Å². The van der Waals surface area contributed by atoms with E-state index >= 15 is 0 Å². The van der Waals surface area contributed by atoms with E-state index in [9.17, 15) is 4.79 Å². The van der Waals surface area contributed by atoms with Crippen molar-refractivity contribution >= 4 is 28.9 Å². The second kappa shape index (κ2) is 4.92. The summed E-state index contributed by atoms with van der Waals surface area (Å²) in [6.07, 6.45) is 0. The van der Waals surface area contributed by atoms with Crippen molar-refractivity contribution in [3.8, 4) is 0 Å². The van der Waals surface area contributed by atoms with Crippen LogP contribution in [0.2, 0.25) is 0 Å². The van der Waals surface area contributed by atoms with Gasteiger partial charge >= 0.3 is 0 Å². The van der Waals surface area contributed by atoms with Gasteiger partial charge in [0.05, 0.1) is 5.51 Å². The Morgan fingerprint density at radius 2 is 2.24 bits per heavy atom. The number of pyridine rings is 1. The van der Waals surface area contributed by atoms with Crippen LogP contribution >= 0.6 is 11.3 Å². The third kappa shape index (κ3) is 2.79. The molecular formula is C11H12N4OS. The average molecular weight is 248 g/mol. The van der Waals surface area contributed by atoms with Crippen LogP contribution in [0.4, 0.5) is 11.6 Å². The van der Waals surface area contributed by atoms with E-state index in [-0.39, 0.29) is 5.91 Å². The lowest BCUT2D eigenvalue weighted by molar-refractivity contribution is 0.102. The Morgan fingerprint density at radius 1 is 1.41 bits per heavy atom. The van der Waals surface area contributed by atoms with Gasteiger partial charge in [-0.25, -0.2) is 9.97 Å². The Hall–Kier alpha value is -1.95. The summed E-state index contributed by atoms with van der Waals surface area (Å²) in [6, 6.07) is 5.47. The van der Waals surface area contributed by atoms with Gasteiger partial charge in [-0.2, -0.15) is 0 Å². The maximum absolute atomic E-state index is 11.7. The largest absolute Gasteiger partial charge is 0.363 e. The molecule has 17 heavy (non-hydrogen) atoms. The topological polar surface area (TPSA) is 58.1 Å². The number of nitrogens with one attached hydrogen (secondary N) is 1. The molecule has 0 saturated carbocycles. The number of thiazole rings is 1. The molecule has 6 heteroatoms. The molecule has 0 fully saturated rings. The van der Waals surface area contributed by atoms with E-state index in [0.717, 1.165) is 5.82 Å². The van der Waals surface area contributed by atoms with Crippen LogP contribution in [-0.4, -0.2) is 30.0 Å². The molecule has 2 heterocycles. The van der Waals surface area contributed by atoms with Crippen molar-refractivity contribution in [3.63, 3.8) is 0 Å². The Labute approximate surface area is 103 Å². The lowest BCUT2D eigenvalue weighted by Gasteiger charge is -2.12. The van der Waals surface area contributed by atoms with Crippen LogP contribution in [-0.2, 0) is 0 Å². The van der Waals surface area contributed by atoms with Gasteiger partial charge in [-0.15, -0.1) is 11.3 Å². The van der Waals surface area contributed by atoms with Gasteiger partial charge in [0.2, 0.25) is 0 Å². The van der Waals surface area contributed by atoms with Crippen molar-refractivity contribution in [1.29, 1.82) is 0 Å². The van der Waals surface area contributed by atoms with Crippen LogP contribution in [0, 0.1) is 0 Å². The van der Waals surface area contributed by atoms with Gasteiger partial charge in [-0.1, -0.05) is 6.07 Å². The zero-order chi connectivity index (χ0) is 12.3. The molecule has 0 atom stereocenters.